The van der Waals surface area contributed by atoms with Crippen molar-refractivity contribution in [2.45, 2.75) is 126 Å². The molecule has 2 aliphatic heterocycles. The first-order valence-electron chi connectivity index (χ1n) is 21.8. The van der Waals surface area contributed by atoms with E-state index < -0.39 is 141 Å². The number of carboxylic acid groups (broad SMARTS) is 1. The number of aromatic hydroxyl groups is 2. The second-order valence-corrected chi connectivity index (χ2v) is 16.8. The normalized spacial score (nSPS) is 32.7. The van der Waals surface area contributed by atoms with E-state index in [2.05, 4.69) is 0 Å². The fourth-order valence-corrected chi connectivity index (χ4v) is 6.99. The minimum atomic E-state index is -2.50. The van der Waals surface area contributed by atoms with Gasteiger partial charge in [0.15, 0.2) is 29.5 Å². The van der Waals surface area contributed by atoms with Crippen molar-refractivity contribution < 1.29 is 109 Å². The largest absolute Gasteiger partial charge is 0.504 e. The van der Waals surface area contributed by atoms with Gasteiger partial charge in [-0.1, -0.05) is 78.0 Å². The number of phenolic OH excluding ortho intramolecular Hbond substituents is 2. The van der Waals surface area contributed by atoms with Crippen molar-refractivity contribution in [2.24, 2.45) is 0 Å². The SMILES string of the molecule is CC(=C/C=C/C=C(C)/C=C/C=C(\C)C(=O)O[C@@H]1OC(CO[C@@H]2OC(CO)[C@@H](O)[C@H](O)C2O)[C@@H](O)[C@H](O)C1O)/C=C/C=C(\C)C(=O)OC1[C@@H](O)C[C@](O)(C(=O)O)C[C@H]1OC(=O)/C=C/c1ccc(O)c(O)c1. The molecule has 1 aliphatic carbocycles. The molecule has 1 aromatic rings. The van der Waals surface area contributed by atoms with Crippen molar-refractivity contribution >= 4 is 30.0 Å². The smallest absolute Gasteiger partial charge is 0.336 e. The number of carbonyl (C=O) groups excluding carboxylic acids is 3. The number of carbonyl (C=O) groups is 4. The van der Waals surface area contributed by atoms with Gasteiger partial charge in [0.25, 0.3) is 0 Å². The summed E-state index contributed by atoms with van der Waals surface area (Å²) in [7, 11) is 0. The van der Waals surface area contributed by atoms with Gasteiger partial charge in [0.2, 0.25) is 6.29 Å². The first-order valence-corrected chi connectivity index (χ1v) is 21.8. The number of phenols is 2. The van der Waals surface area contributed by atoms with Crippen LogP contribution >= 0.6 is 0 Å². The molecule has 22 heteroatoms. The molecule has 12 N–H and O–H groups in total. The Morgan fingerprint density at radius 1 is 0.657 bits per heavy atom. The summed E-state index contributed by atoms with van der Waals surface area (Å²) in [6.07, 6.45) is -4.47. The van der Waals surface area contributed by atoms with Crippen molar-refractivity contribution in [3.05, 3.63) is 113 Å². The second-order valence-electron chi connectivity index (χ2n) is 16.8. The molecule has 384 valence electrons. The van der Waals surface area contributed by atoms with Crippen LogP contribution in [0.15, 0.2) is 107 Å². The Morgan fingerprint density at radius 3 is 1.76 bits per heavy atom. The molecule has 4 rings (SSSR count). The van der Waals surface area contributed by atoms with Crippen molar-refractivity contribution in [1.29, 1.82) is 0 Å². The lowest BCUT2D eigenvalue weighted by molar-refractivity contribution is -0.326. The molecule has 0 bridgehead atoms. The van der Waals surface area contributed by atoms with E-state index in [0.29, 0.717) is 5.56 Å². The highest BCUT2D eigenvalue weighted by atomic mass is 16.7. The zero-order valence-electron chi connectivity index (χ0n) is 38.4. The molecule has 3 aliphatic rings. The van der Waals surface area contributed by atoms with Gasteiger partial charge in [-0.2, -0.15) is 0 Å². The number of allylic oxidation sites excluding steroid dienone is 12. The van der Waals surface area contributed by atoms with Crippen LogP contribution in [-0.4, -0.2) is 184 Å². The van der Waals surface area contributed by atoms with E-state index >= 15 is 0 Å². The number of aliphatic carboxylic acids is 1. The third-order valence-electron chi connectivity index (χ3n) is 11.2. The summed E-state index contributed by atoms with van der Waals surface area (Å²) in [5, 5.41) is 121. The van der Waals surface area contributed by atoms with Crippen LogP contribution in [0.1, 0.15) is 46.1 Å². The molecule has 0 radical (unpaired) electrons. The van der Waals surface area contributed by atoms with E-state index in [1.54, 1.807) is 62.5 Å². The average Bonchev–Trinajstić information content (AvgIpc) is 3.31. The number of benzene rings is 1. The third kappa shape index (κ3) is 15.6. The van der Waals surface area contributed by atoms with Crippen molar-refractivity contribution in [2.75, 3.05) is 13.2 Å². The zero-order valence-corrected chi connectivity index (χ0v) is 38.4. The molecule has 0 amide bonds. The Hall–Kier alpha value is -5.86. The van der Waals surface area contributed by atoms with Gasteiger partial charge in [0, 0.05) is 30.1 Å². The Labute approximate surface area is 401 Å². The van der Waals surface area contributed by atoms with Gasteiger partial charge in [0.05, 0.1) is 19.3 Å². The molecule has 1 saturated carbocycles. The van der Waals surface area contributed by atoms with Gasteiger partial charge < -0.3 is 89.7 Å². The van der Waals surface area contributed by atoms with Crippen LogP contribution in [0.4, 0.5) is 0 Å². The van der Waals surface area contributed by atoms with Gasteiger partial charge in [-0.15, -0.1) is 0 Å². The highest BCUT2D eigenvalue weighted by Crippen LogP contribution is 2.34. The summed E-state index contributed by atoms with van der Waals surface area (Å²) in [6.45, 7) is 5.09. The van der Waals surface area contributed by atoms with Crippen LogP contribution in [0.25, 0.3) is 6.08 Å². The van der Waals surface area contributed by atoms with Crippen LogP contribution < -0.4 is 0 Å². The molecule has 0 aromatic heterocycles. The Kier molecular flexibility index (Phi) is 20.9. The predicted molar refractivity (Wildman–Crippen MR) is 241 cm³/mol. The topological polar surface area (TPSA) is 366 Å². The van der Waals surface area contributed by atoms with Gasteiger partial charge >= 0.3 is 23.9 Å². The number of esters is 3. The maximum Gasteiger partial charge on any atom is 0.336 e. The summed E-state index contributed by atoms with van der Waals surface area (Å²) in [6, 6.07) is 3.73. The van der Waals surface area contributed by atoms with Gasteiger partial charge in [0.1, 0.15) is 54.9 Å². The molecule has 1 aromatic carbocycles. The quantitative estimate of drug-likeness (QED) is 0.0291. The summed E-state index contributed by atoms with van der Waals surface area (Å²) < 4.78 is 32.1. The van der Waals surface area contributed by atoms with E-state index in [1.807, 2.05) is 0 Å². The molecule has 0 spiro atoms. The fraction of sp³-hybridized carbons (Fsp3) is 0.458. The number of aliphatic hydroxyl groups is 9. The molecule has 2 saturated heterocycles. The van der Waals surface area contributed by atoms with Crippen LogP contribution in [0.3, 0.4) is 0 Å². The predicted octanol–water partition coefficient (Wildman–Crippen LogP) is -0.474. The van der Waals surface area contributed by atoms with E-state index in [1.165, 1.54) is 44.2 Å². The fourth-order valence-electron chi connectivity index (χ4n) is 6.99. The second kappa shape index (κ2) is 25.8. The first kappa shape index (κ1) is 56.7. The van der Waals surface area contributed by atoms with Crippen LogP contribution in [-0.2, 0) is 47.6 Å². The highest BCUT2D eigenvalue weighted by molar-refractivity contribution is 5.89. The molecule has 70 heavy (non-hydrogen) atoms. The maximum atomic E-state index is 13.0. The van der Waals surface area contributed by atoms with E-state index in [0.717, 1.165) is 23.3 Å². The minimum absolute atomic E-state index is 0.0659. The Bertz CT molecular complexity index is 2260. The maximum absolute atomic E-state index is 13.0. The summed E-state index contributed by atoms with van der Waals surface area (Å²) in [5.74, 6) is -5.41. The van der Waals surface area contributed by atoms with Crippen molar-refractivity contribution in [1.82, 2.24) is 0 Å². The minimum Gasteiger partial charge on any atom is -0.504 e. The third-order valence-corrected chi connectivity index (χ3v) is 11.2. The molecule has 3 fully saturated rings. The van der Waals surface area contributed by atoms with E-state index in [-0.39, 0.29) is 16.9 Å². The molecule has 22 nitrogen and oxygen atoms in total. The molecular weight excluding hydrogens is 929 g/mol. The van der Waals surface area contributed by atoms with Gasteiger partial charge in [-0.05, 0) is 51.5 Å². The summed E-state index contributed by atoms with van der Waals surface area (Å²) in [5.41, 5.74) is -0.549. The Morgan fingerprint density at radius 2 is 1.20 bits per heavy atom. The number of hydrogen-bond donors (Lipinski definition) is 12. The average molecular weight is 989 g/mol. The van der Waals surface area contributed by atoms with Crippen molar-refractivity contribution in [3.63, 3.8) is 0 Å². The zero-order chi connectivity index (χ0) is 52.0. The van der Waals surface area contributed by atoms with Gasteiger partial charge in [-0.3, -0.25) is 0 Å². The van der Waals surface area contributed by atoms with E-state index in [9.17, 15) is 80.5 Å². The summed E-state index contributed by atoms with van der Waals surface area (Å²) in [4.78, 5) is 50.4. The lowest BCUT2D eigenvalue weighted by atomic mass is 9.79. The van der Waals surface area contributed by atoms with Crippen LogP contribution in [0.2, 0.25) is 0 Å². The molecule has 14 atom stereocenters. The standard InChI is InChI=1S/C48H60O22/c1-24(11-7-13-26(3)43(60)69-42-31(52)20-48(64,47(62)63)21-32(42)66-35(53)18-16-28-15-17-29(50)30(51)19-28)9-5-6-10-25(2)12-8-14-27(4)44(61)70-46-41(59)39(57)37(55)34(68-46)23-65-45-40(58)38(56)36(54)33(22-49)67-45/h5-19,31-34,36-42,45-46,49-52,54-59,64H,20-23H2,1-4H3,(H,62,63)/b6-5+,11-7+,12-8+,18-16+,24-9-,25-10+,26-13+,27-14+/t31-,32+,33?,34?,36+,37+,38-,39-,40?,41?,42?,45+,46-,48+/m0/s1. The number of carboxylic acids is 1. The van der Waals surface area contributed by atoms with Crippen LogP contribution in [0, 0.1) is 0 Å². The molecular formula is C48H60O22. The summed E-state index contributed by atoms with van der Waals surface area (Å²) >= 11 is 0. The molecule has 2 heterocycles. The number of hydrogen-bond acceptors (Lipinski definition) is 21. The number of ether oxygens (including phenoxy) is 6. The lowest BCUT2D eigenvalue weighted by Crippen LogP contribution is -2.61. The first-order chi connectivity index (χ1) is 33.0. The number of aliphatic hydroxyl groups excluding tert-OH is 8. The van der Waals surface area contributed by atoms with Gasteiger partial charge in [-0.25, -0.2) is 19.2 Å². The Balaban J connectivity index is 1.28. The van der Waals surface area contributed by atoms with E-state index in [4.69, 9.17) is 28.4 Å². The monoisotopic (exact) mass is 988 g/mol. The number of rotatable bonds is 18. The van der Waals surface area contributed by atoms with Crippen LogP contribution in [0.5, 0.6) is 11.5 Å². The molecule has 5 unspecified atom stereocenters. The van der Waals surface area contributed by atoms with Crippen molar-refractivity contribution in [3.8, 4) is 11.5 Å². The highest BCUT2D eigenvalue weighted by Gasteiger charge is 2.53. The lowest BCUT2D eigenvalue weighted by Gasteiger charge is -2.42.